The molecule has 1 aliphatic heterocycles. The number of hydrogen-bond acceptors (Lipinski definition) is 8. The number of aryl methyl sites for hydroxylation is 1. The number of hydroxylamine groups is 1. The van der Waals surface area contributed by atoms with E-state index in [2.05, 4.69) is 26.0 Å². The number of hydrogen-bond donors (Lipinski definition) is 3. The number of carbonyl (C=O) groups is 2. The molecule has 2 amide bonds. The Labute approximate surface area is 253 Å². The number of fused-ring (bicyclic) bond motifs is 1. The van der Waals surface area contributed by atoms with Gasteiger partial charge in [-0.15, -0.1) is 0 Å². The van der Waals surface area contributed by atoms with Crippen molar-refractivity contribution in [1.29, 1.82) is 0 Å². The molecule has 0 unspecified atom stereocenters. The Morgan fingerprint density at radius 1 is 0.977 bits per heavy atom. The largest absolute Gasteiger partial charge is 0.444 e. The molecule has 3 N–H and O–H groups in total. The summed E-state index contributed by atoms with van der Waals surface area (Å²) in [5.41, 5.74) is 6.50. The van der Waals surface area contributed by atoms with Gasteiger partial charge in [0.05, 0.1) is 19.3 Å². The van der Waals surface area contributed by atoms with Crippen molar-refractivity contribution < 1.29 is 19.2 Å². The highest BCUT2D eigenvalue weighted by Gasteiger charge is 2.43. The molecule has 5 rings (SSSR count). The first-order chi connectivity index (χ1) is 20.6. The topological polar surface area (TPSA) is 118 Å². The van der Waals surface area contributed by atoms with E-state index < -0.39 is 11.7 Å². The Balaban J connectivity index is 1.21. The van der Waals surface area contributed by atoms with Gasteiger partial charge < -0.3 is 19.8 Å². The molecular formula is C33H42N6O4. The molecule has 2 fully saturated rings. The number of nitrogens with one attached hydrogen (secondary N) is 3. The Kier molecular flexibility index (Phi) is 9.27. The van der Waals surface area contributed by atoms with Gasteiger partial charge in [0, 0.05) is 23.4 Å². The fourth-order valence-electron chi connectivity index (χ4n) is 6.12. The average molecular weight is 587 g/mol. The zero-order valence-electron chi connectivity index (χ0n) is 25.6. The number of anilines is 2. The fourth-order valence-corrected chi connectivity index (χ4v) is 6.12. The first kappa shape index (κ1) is 30.4. The third-order valence-corrected chi connectivity index (χ3v) is 7.92. The van der Waals surface area contributed by atoms with Gasteiger partial charge in [-0.1, -0.05) is 37.1 Å². The Bertz CT molecular complexity index is 1420. The molecule has 2 heterocycles. The summed E-state index contributed by atoms with van der Waals surface area (Å²) in [5.74, 6) is 1.99. The van der Waals surface area contributed by atoms with Crippen LogP contribution in [0, 0.1) is 12.8 Å². The highest BCUT2D eigenvalue weighted by atomic mass is 16.6. The van der Waals surface area contributed by atoms with Gasteiger partial charge in [-0.25, -0.2) is 14.8 Å². The predicted octanol–water partition coefficient (Wildman–Crippen LogP) is 5.98. The molecule has 10 nitrogen and oxygen atoms in total. The summed E-state index contributed by atoms with van der Waals surface area (Å²) in [4.78, 5) is 42.1. The number of carbonyl (C=O) groups excluding carboxylic acids is 2. The van der Waals surface area contributed by atoms with Gasteiger partial charge >= 0.3 is 6.09 Å². The van der Waals surface area contributed by atoms with Crippen molar-refractivity contribution in [3.8, 4) is 11.1 Å². The summed E-state index contributed by atoms with van der Waals surface area (Å²) in [5, 5.41) is 5.75. The van der Waals surface area contributed by atoms with E-state index in [1.54, 1.807) is 7.11 Å². The van der Waals surface area contributed by atoms with Crippen LogP contribution in [0.2, 0.25) is 0 Å². The fraction of sp³-hybridized carbons (Fsp3) is 0.455. The normalized spacial score (nSPS) is 19.9. The van der Waals surface area contributed by atoms with E-state index in [1.165, 1.54) is 19.3 Å². The van der Waals surface area contributed by atoms with E-state index in [0.29, 0.717) is 35.6 Å². The zero-order chi connectivity index (χ0) is 30.6. The molecule has 10 heteroatoms. The lowest BCUT2D eigenvalue weighted by Gasteiger charge is -2.35. The van der Waals surface area contributed by atoms with Gasteiger partial charge in [0.15, 0.2) is 0 Å². The molecule has 2 aromatic carbocycles. The molecule has 2 aliphatic rings. The Morgan fingerprint density at radius 3 is 2.33 bits per heavy atom. The minimum absolute atomic E-state index is 0.0609. The van der Waals surface area contributed by atoms with Crippen molar-refractivity contribution in [2.45, 2.75) is 84.2 Å². The third-order valence-electron chi connectivity index (χ3n) is 7.92. The average Bonchev–Trinajstić information content (AvgIpc) is 3.33. The van der Waals surface area contributed by atoms with Crippen LogP contribution in [0.1, 0.15) is 74.8 Å². The summed E-state index contributed by atoms with van der Waals surface area (Å²) in [6.07, 6.45) is 5.46. The molecule has 1 aliphatic carbocycles. The number of nitrogens with zero attached hydrogens (tertiary/aromatic N) is 3. The monoisotopic (exact) mass is 586 g/mol. The van der Waals surface area contributed by atoms with Crippen LogP contribution in [-0.2, 0) is 16.1 Å². The van der Waals surface area contributed by atoms with Gasteiger partial charge in [-0.05, 0) is 88.3 Å². The number of ether oxygens (including phenoxy) is 1. The van der Waals surface area contributed by atoms with E-state index in [9.17, 15) is 9.59 Å². The summed E-state index contributed by atoms with van der Waals surface area (Å²) in [6, 6.07) is 17.3. The maximum absolute atomic E-state index is 13.0. The molecule has 0 radical (unpaired) electrons. The molecule has 0 spiro atoms. The van der Waals surface area contributed by atoms with Gasteiger partial charge in [0.25, 0.3) is 5.91 Å². The quantitative estimate of drug-likeness (QED) is 0.276. The van der Waals surface area contributed by atoms with Crippen molar-refractivity contribution >= 4 is 23.5 Å². The number of amides is 2. The van der Waals surface area contributed by atoms with Crippen LogP contribution in [0.3, 0.4) is 0 Å². The van der Waals surface area contributed by atoms with Gasteiger partial charge in [0.1, 0.15) is 23.4 Å². The highest BCUT2D eigenvalue weighted by molar-refractivity contribution is 5.94. The summed E-state index contributed by atoms with van der Waals surface area (Å²) in [6.45, 7) is 7.66. The molecular weight excluding hydrogens is 544 g/mol. The first-order valence-electron chi connectivity index (χ1n) is 15.0. The van der Waals surface area contributed by atoms with Crippen molar-refractivity contribution in [3.63, 3.8) is 0 Å². The molecule has 1 aromatic heterocycles. The number of aromatic nitrogens is 2. The molecule has 228 valence electrons. The molecule has 1 saturated heterocycles. The van der Waals surface area contributed by atoms with Crippen molar-refractivity contribution in [2.24, 2.45) is 5.92 Å². The lowest BCUT2D eigenvalue weighted by atomic mass is 9.85. The second-order valence-corrected chi connectivity index (χ2v) is 12.3. The van der Waals surface area contributed by atoms with E-state index in [-0.39, 0.29) is 12.1 Å². The van der Waals surface area contributed by atoms with Gasteiger partial charge in [0.2, 0.25) is 0 Å². The first-order valence-corrected chi connectivity index (χ1v) is 15.0. The van der Waals surface area contributed by atoms with E-state index >= 15 is 0 Å². The minimum atomic E-state index is -0.563. The van der Waals surface area contributed by atoms with Gasteiger partial charge in [-0.3, -0.25) is 10.1 Å². The van der Waals surface area contributed by atoms with E-state index in [1.807, 2.05) is 82.3 Å². The second-order valence-electron chi connectivity index (χ2n) is 12.3. The van der Waals surface area contributed by atoms with Crippen LogP contribution in [0.5, 0.6) is 0 Å². The van der Waals surface area contributed by atoms with Crippen molar-refractivity contribution in [3.05, 3.63) is 71.7 Å². The smallest absolute Gasteiger partial charge is 0.412 e. The highest BCUT2D eigenvalue weighted by Crippen LogP contribution is 2.41. The van der Waals surface area contributed by atoms with Crippen LogP contribution < -0.4 is 21.0 Å². The molecule has 43 heavy (non-hydrogen) atoms. The van der Waals surface area contributed by atoms with Crippen molar-refractivity contribution in [2.75, 3.05) is 17.3 Å². The van der Waals surface area contributed by atoms with E-state index in [4.69, 9.17) is 14.6 Å². The van der Waals surface area contributed by atoms with Crippen LogP contribution in [-0.4, -0.2) is 46.9 Å². The van der Waals surface area contributed by atoms with Crippen LogP contribution in [0.4, 0.5) is 16.3 Å². The maximum Gasteiger partial charge on any atom is 0.412 e. The Morgan fingerprint density at radius 2 is 1.65 bits per heavy atom. The zero-order valence-corrected chi connectivity index (χ0v) is 25.6. The molecule has 3 aromatic rings. The molecule has 0 bridgehead atoms. The van der Waals surface area contributed by atoms with E-state index in [0.717, 1.165) is 35.5 Å². The summed E-state index contributed by atoms with van der Waals surface area (Å²) in [7, 11) is 1.65. The summed E-state index contributed by atoms with van der Waals surface area (Å²) < 4.78 is 5.30. The lowest BCUT2D eigenvalue weighted by Crippen LogP contribution is -2.46. The number of rotatable bonds is 8. The Hall–Kier alpha value is -4.02. The summed E-state index contributed by atoms with van der Waals surface area (Å²) >= 11 is 0. The SMILES string of the molecule is CON[C@@H]1C[C@@H]2CCCC[C@@H]2N1c1cc(CNC(=O)c2ccc(-c3ccc(NC(=O)OC(C)(C)C)cc3)cc2)nc(C)n1. The minimum Gasteiger partial charge on any atom is -0.444 e. The molecule has 3 atom stereocenters. The standard InChI is InChI=1S/C33H42N6O4/c1-21-35-27(19-29(36-21)39-28-9-7-6-8-25(28)18-30(39)38-42-5)20-34-31(40)24-12-10-22(11-13-24)23-14-16-26(17-15-23)37-32(41)43-33(2,3)4/h10-17,19,25,28,30,38H,6-9,18,20H2,1-5H3,(H,34,40)(H,37,41)/t25-,28-,30-/m0/s1. The lowest BCUT2D eigenvalue weighted by molar-refractivity contribution is 0.0617. The van der Waals surface area contributed by atoms with Crippen molar-refractivity contribution in [1.82, 2.24) is 20.8 Å². The van der Waals surface area contributed by atoms with Gasteiger partial charge in [-0.2, -0.15) is 5.48 Å². The molecule has 1 saturated carbocycles. The second kappa shape index (κ2) is 13.1. The predicted molar refractivity (Wildman–Crippen MR) is 166 cm³/mol. The van der Waals surface area contributed by atoms with Crippen LogP contribution >= 0.6 is 0 Å². The third kappa shape index (κ3) is 7.69. The van der Waals surface area contributed by atoms with Crippen LogP contribution in [0.25, 0.3) is 11.1 Å². The maximum atomic E-state index is 13.0. The van der Waals surface area contributed by atoms with Crippen LogP contribution in [0.15, 0.2) is 54.6 Å². The number of benzene rings is 2.